The van der Waals surface area contributed by atoms with Gasteiger partial charge in [-0.05, 0) is 18.9 Å². The van der Waals surface area contributed by atoms with E-state index in [-0.39, 0.29) is 28.6 Å². The van der Waals surface area contributed by atoms with E-state index < -0.39 is 5.97 Å². The molecule has 7 heteroatoms. The number of hydrogen-bond donors (Lipinski definition) is 2. The highest BCUT2D eigenvalue weighted by Crippen LogP contribution is 2.39. The van der Waals surface area contributed by atoms with Crippen LogP contribution in [-0.2, 0) is 4.79 Å². The number of carboxylic acid groups (broad SMARTS) is 1. The van der Waals surface area contributed by atoms with Gasteiger partial charge in [-0.25, -0.2) is 9.78 Å². The molecule has 2 fully saturated rings. The molecule has 1 spiro atoms. The zero-order valence-electron chi connectivity index (χ0n) is 10.0. The highest BCUT2D eigenvalue weighted by Gasteiger charge is 2.48. The number of hydrogen-bond acceptors (Lipinski definition) is 4. The summed E-state index contributed by atoms with van der Waals surface area (Å²) in [5, 5.41) is 12.1. The first-order valence-corrected chi connectivity index (χ1v) is 6.32. The van der Waals surface area contributed by atoms with Crippen molar-refractivity contribution in [3.05, 3.63) is 22.8 Å². The van der Waals surface area contributed by atoms with Crippen molar-refractivity contribution < 1.29 is 14.7 Å². The Kier molecular flexibility index (Phi) is 2.63. The van der Waals surface area contributed by atoms with E-state index in [4.69, 9.17) is 16.7 Å². The zero-order chi connectivity index (χ0) is 13.6. The summed E-state index contributed by atoms with van der Waals surface area (Å²) in [7, 11) is 0. The normalized spacial score (nSPS) is 20.3. The van der Waals surface area contributed by atoms with E-state index in [1.54, 1.807) is 4.90 Å². The lowest BCUT2D eigenvalue weighted by atomic mass is 10.1. The molecule has 2 aliphatic rings. The van der Waals surface area contributed by atoms with Crippen LogP contribution in [0.15, 0.2) is 12.3 Å². The summed E-state index contributed by atoms with van der Waals surface area (Å²) in [6.45, 7) is 0.860. The standard InChI is InChI=1S/C12H12ClN3O3/c13-8-3-7(11(18)19)4-14-10(8)16-5-9(17)15-12(6-16)1-2-12/h3-4H,1-2,5-6H2,(H,15,17)(H,18,19). The van der Waals surface area contributed by atoms with Gasteiger partial charge < -0.3 is 15.3 Å². The van der Waals surface area contributed by atoms with Crippen molar-refractivity contribution in [2.75, 3.05) is 18.0 Å². The first-order valence-electron chi connectivity index (χ1n) is 5.94. The molecule has 6 nitrogen and oxygen atoms in total. The van der Waals surface area contributed by atoms with Crippen LogP contribution in [0.4, 0.5) is 5.82 Å². The molecule has 0 atom stereocenters. The summed E-state index contributed by atoms with van der Waals surface area (Å²) in [5.41, 5.74) is -0.0948. The maximum Gasteiger partial charge on any atom is 0.337 e. The van der Waals surface area contributed by atoms with Crippen LogP contribution in [0.1, 0.15) is 23.2 Å². The van der Waals surface area contributed by atoms with Gasteiger partial charge in [0.25, 0.3) is 0 Å². The Balaban J connectivity index is 1.89. The van der Waals surface area contributed by atoms with Gasteiger partial charge in [0.1, 0.15) is 5.82 Å². The first kappa shape index (κ1) is 12.2. The van der Waals surface area contributed by atoms with Crippen molar-refractivity contribution >= 4 is 29.3 Å². The number of aromatic carboxylic acids is 1. The average molecular weight is 282 g/mol. The Bertz CT molecular complexity index is 571. The molecular weight excluding hydrogens is 270 g/mol. The van der Waals surface area contributed by atoms with Crippen LogP contribution in [-0.4, -0.2) is 40.6 Å². The molecular formula is C12H12ClN3O3. The monoisotopic (exact) mass is 281 g/mol. The molecule has 1 saturated heterocycles. The predicted molar refractivity (Wildman–Crippen MR) is 68.5 cm³/mol. The first-order chi connectivity index (χ1) is 8.99. The number of pyridine rings is 1. The van der Waals surface area contributed by atoms with Crippen molar-refractivity contribution in [1.82, 2.24) is 10.3 Å². The molecule has 1 aliphatic heterocycles. The van der Waals surface area contributed by atoms with Crippen molar-refractivity contribution in [2.24, 2.45) is 0 Å². The van der Waals surface area contributed by atoms with Crippen LogP contribution < -0.4 is 10.2 Å². The second-order valence-electron chi connectivity index (χ2n) is 5.02. The number of carbonyl (C=O) groups is 2. The van der Waals surface area contributed by atoms with Crippen molar-refractivity contribution in [3.63, 3.8) is 0 Å². The second-order valence-corrected chi connectivity index (χ2v) is 5.43. The van der Waals surface area contributed by atoms with Gasteiger partial charge in [0, 0.05) is 12.7 Å². The maximum absolute atomic E-state index is 11.7. The molecule has 0 radical (unpaired) electrons. The van der Waals surface area contributed by atoms with Crippen LogP contribution in [0, 0.1) is 0 Å². The molecule has 2 heterocycles. The van der Waals surface area contributed by atoms with Crippen LogP contribution in [0.25, 0.3) is 0 Å². The third kappa shape index (κ3) is 2.23. The van der Waals surface area contributed by atoms with Gasteiger partial charge >= 0.3 is 5.97 Å². The molecule has 100 valence electrons. The summed E-state index contributed by atoms with van der Waals surface area (Å²) < 4.78 is 0. The maximum atomic E-state index is 11.7. The minimum atomic E-state index is -1.07. The topological polar surface area (TPSA) is 82.5 Å². The summed E-state index contributed by atoms with van der Waals surface area (Å²) in [6.07, 6.45) is 3.18. The number of nitrogens with zero attached hydrogens (tertiary/aromatic N) is 2. The second kappa shape index (κ2) is 4.09. The quantitative estimate of drug-likeness (QED) is 0.842. The van der Waals surface area contributed by atoms with E-state index in [0.29, 0.717) is 12.4 Å². The van der Waals surface area contributed by atoms with Gasteiger partial charge in [-0.2, -0.15) is 0 Å². The number of piperazine rings is 1. The van der Waals surface area contributed by atoms with Crippen molar-refractivity contribution in [2.45, 2.75) is 18.4 Å². The largest absolute Gasteiger partial charge is 0.478 e. The van der Waals surface area contributed by atoms with Crippen LogP contribution in [0.3, 0.4) is 0 Å². The van der Waals surface area contributed by atoms with Gasteiger partial charge in [-0.15, -0.1) is 0 Å². The summed E-state index contributed by atoms with van der Waals surface area (Å²) in [4.78, 5) is 28.4. The van der Waals surface area contributed by atoms with Crippen LogP contribution >= 0.6 is 11.6 Å². The van der Waals surface area contributed by atoms with E-state index >= 15 is 0 Å². The minimum absolute atomic E-state index is 0.0383. The fourth-order valence-electron chi connectivity index (χ4n) is 2.33. The lowest BCUT2D eigenvalue weighted by Crippen LogP contribution is -2.56. The zero-order valence-corrected chi connectivity index (χ0v) is 10.8. The molecule has 1 saturated carbocycles. The molecule has 3 rings (SSSR count). The van der Waals surface area contributed by atoms with E-state index in [0.717, 1.165) is 12.8 Å². The number of carbonyl (C=O) groups excluding carboxylic acids is 1. The molecule has 1 aromatic rings. The number of amides is 1. The van der Waals surface area contributed by atoms with E-state index in [9.17, 15) is 9.59 Å². The third-order valence-electron chi connectivity index (χ3n) is 3.45. The van der Waals surface area contributed by atoms with Crippen molar-refractivity contribution in [1.29, 1.82) is 0 Å². The molecule has 19 heavy (non-hydrogen) atoms. The number of nitrogens with one attached hydrogen (secondary N) is 1. The summed E-state index contributed by atoms with van der Waals surface area (Å²) in [5.74, 6) is -0.660. The average Bonchev–Trinajstić information content (AvgIpc) is 3.06. The Morgan fingerprint density at radius 1 is 1.53 bits per heavy atom. The number of rotatable bonds is 2. The highest BCUT2D eigenvalue weighted by atomic mass is 35.5. The number of carboxylic acids is 1. The Labute approximate surface area is 114 Å². The lowest BCUT2D eigenvalue weighted by Gasteiger charge is -2.34. The highest BCUT2D eigenvalue weighted by molar-refractivity contribution is 6.33. The van der Waals surface area contributed by atoms with Crippen LogP contribution in [0.2, 0.25) is 5.02 Å². The molecule has 1 aromatic heterocycles. The van der Waals surface area contributed by atoms with Gasteiger partial charge in [0.05, 0.1) is 22.7 Å². The molecule has 0 bridgehead atoms. The fourth-order valence-corrected chi connectivity index (χ4v) is 2.62. The molecule has 2 N–H and O–H groups in total. The Morgan fingerprint density at radius 2 is 2.26 bits per heavy atom. The van der Waals surface area contributed by atoms with Gasteiger partial charge in [0.15, 0.2) is 0 Å². The number of halogens is 1. The van der Waals surface area contributed by atoms with Crippen LogP contribution in [0.5, 0.6) is 0 Å². The number of anilines is 1. The van der Waals surface area contributed by atoms with E-state index in [1.165, 1.54) is 12.3 Å². The molecule has 0 unspecified atom stereocenters. The predicted octanol–water partition coefficient (Wildman–Crippen LogP) is 0.902. The van der Waals surface area contributed by atoms with Gasteiger partial charge in [-0.3, -0.25) is 4.79 Å². The number of aromatic nitrogens is 1. The SMILES string of the molecule is O=C1CN(c2ncc(C(=O)O)cc2Cl)CC2(CC2)N1. The smallest absolute Gasteiger partial charge is 0.337 e. The third-order valence-corrected chi connectivity index (χ3v) is 3.73. The van der Waals surface area contributed by atoms with E-state index in [2.05, 4.69) is 10.3 Å². The molecule has 1 aliphatic carbocycles. The molecule has 0 aromatic carbocycles. The minimum Gasteiger partial charge on any atom is -0.478 e. The summed E-state index contributed by atoms with van der Waals surface area (Å²) >= 11 is 6.07. The fraction of sp³-hybridized carbons (Fsp3) is 0.417. The molecule has 1 amide bonds. The Morgan fingerprint density at radius 3 is 2.84 bits per heavy atom. The lowest BCUT2D eigenvalue weighted by molar-refractivity contribution is -0.121. The van der Waals surface area contributed by atoms with E-state index in [1.807, 2.05) is 0 Å². The summed E-state index contributed by atoms with van der Waals surface area (Å²) in [6, 6.07) is 1.36. The Hall–Kier alpha value is -1.82. The van der Waals surface area contributed by atoms with Gasteiger partial charge in [-0.1, -0.05) is 11.6 Å². The van der Waals surface area contributed by atoms with Gasteiger partial charge in [0.2, 0.25) is 5.91 Å². The van der Waals surface area contributed by atoms with Crippen molar-refractivity contribution in [3.8, 4) is 0 Å².